The summed E-state index contributed by atoms with van der Waals surface area (Å²) < 4.78 is 5.32. The van der Waals surface area contributed by atoms with Crippen LogP contribution in [0.4, 0.5) is 0 Å². The smallest absolute Gasteiger partial charge is 0.134 e. The molecule has 1 heterocycles. The van der Waals surface area contributed by atoms with Gasteiger partial charge in [-0.15, -0.1) is 0 Å². The van der Waals surface area contributed by atoms with Crippen molar-refractivity contribution in [2.24, 2.45) is 5.73 Å². The zero-order chi connectivity index (χ0) is 10.7. The first-order valence-corrected chi connectivity index (χ1v) is 4.82. The largest absolute Gasteiger partial charge is 0.464 e. The van der Waals surface area contributed by atoms with Gasteiger partial charge < -0.3 is 15.3 Å². The summed E-state index contributed by atoms with van der Waals surface area (Å²) in [7, 11) is 0. The van der Waals surface area contributed by atoms with Gasteiger partial charge in [0.1, 0.15) is 5.76 Å². The van der Waals surface area contributed by atoms with E-state index in [0.717, 1.165) is 16.9 Å². The summed E-state index contributed by atoms with van der Waals surface area (Å²) in [5, 5.41) is 9.05. The van der Waals surface area contributed by atoms with Crippen molar-refractivity contribution >= 4 is 0 Å². The van der Waals surface area contributed by atoms with Gasteiger partial charge in [0.2, 0.25) is 0 Å². The Morgan fingerprint density at radius 1 is 1.20 bits per heavy atom. The SMILES string of the molecule is N[C@@H](CO)c1ccccc1-c1ccco1. The van der Waals surface area contributed by atoms with Crippen LogP contribution in [0, 0.1) is 0 Å². The zero-order valence-corrected chi connectivity index (χ0v) is 8.26. The number of aliphatic hydroxyl groups is 1. The summed E-state index contributed by atoms with van der Waals surface area (Å²) in [5.74, 6) is 0.773. The minimum absolute atomic E-state index is 0.0717. The highest BCUT2D eigenvalue weighted by molar-refractivity contribution is 5.62. The van der Waals surface area contributed by atoms with Crippen LogP contribution in [0.15, 0.2) is 47.1 Å². The molecule has 0 amide bonds. The molecule has 3 N–H and O–H groups in total. The Kier molecular flexibility index (Phi) is 2.85. The monoisotopic (exact) mass is 203 g/mol. The van der Waals surface area contributed by atoms with Gasteiger partial charge in [0.15, 0.2) is 0 Å². The lowest BCUT2D eigenvalue weighted by Crippen LogP contribution is -2.15. The van der Waals surface area contributed by atoms with Crippen LogP contribution in [-0.4, -0.2) is 11.7 Å². The third-order valence-corrected chi connectivity index (χ3v) is 2.34. The van der Waals surface area contributed by atoms with Gasteiger partial charge in [0.05, 0.1) is 18.9 Å². The lowest BCUT2D eigenvalue weighted by atomic mass is 10.00. The fourth-order valence-electron chi connectivity index (χ4n) is 1.57. The second kappa shape index (κ2) is 4.29. The lowest BCUT2D eigenvalue weighted by Gasteiger charge is -2.12. The van der Waals surface area contributed by atoms with Crippen molar-refractivity contribution in [1.29, 1.82) is 0 Å². The Labute approximate surface area is 88.1 Å². The van der Waals surface area contributed by atoms with Crippen LogP contribution >= 0.6 is 0 Å². The van der Waals surface area contributed by atoms with Crippen molar-refractivity contribution in [2.75, 3.05) is 6.61 Å². The van der Waals surface area contributed by atoms with E-state index in [2.05, 4.69) is 0 Å². The molecule has 0 saturated heterocycles. The van der Waals surface area contributed by atoms with E-state index >= 15 is 0 Å². The normalized spacial score (nSPS) is 12.7. The van der Waals surface area contributed by atoms with Crippen molar-refractivity contribution < 1.29 is 9.52 Å². The Bertz CT molecular complexity index is 423. The van der Waals surface area contributed by atoms with Gasteiger partial charge >= 0.3 is 0 Å². The van der Waals surface area contributed by atoms with Crippen LogP contribution in [0.5, 0.6) is 0 Å². The van der Waals surface area contributed by atoms with Crippen LogP contribution < -0.4 is 5.73 Å². The predicted molar refractivity (Wildman–Crippen MR) is 58.2 cm³/mol. The highest BCUT2D eigenvalue weighted by Crippen LogP contribution is 2.27. The summed E-state index contributed by atoms with van der Waals surface area (Å²) in [5.41, 5.74) is 7.64. The van der Waals surface area contributed by atoms with Gasteiger partial charge in [0, 0.05) is 5.56 Å². The molecule has 0 aliphatic carbocycles. The van der Waals surface area contributed by atoms with Crippen LogP contribution in [0.2, 0.25) is 0 Å². The minimum Gasteiger partial charge on any atom is -0.464 e. The van der Waals surface area contributed by atoms with Gasteiger partial charge in [-0.2, -0.15) is 0 Å². The summed E-state index contributed by atoms with van der Waals surface area (Å²) >= 11 is 0. The lowest BCUT2D eigenvalue weighted by molar-refractivity contribution is 0.268. The summed E-state index contributed by atoms with van der Waals surface area (Å²) in [6, 6.07) is 11.0. The molecule has 0 unspecified atom stereocenters. The van der Waals surface area contributed by atoms with Gasteiger partial charge in [-0.05, 0) is 17.7 Å². The molecule has 0 spiro atoms. The molecule has 1 atom stereocenters. The summed E-state index contributed by atoms with van der Waals surface area (Å²) in [6.07, 6.45) is 1.62. The van der Waals surface area contributed by atoms with Gasteiger partial charge in [0.25, 0.3) is 0 Å². The van der Waals surface area contributed by atoms with E-state index in [1.165, 1.54) is 0 Å². The number of rotatable bonds is 3. The molecule has 2 aromatic rings. The first kappa shape index (κ1) is 9.96. The topological polar surface area (TPSA) is 59.4 Å². The molecule has 2 rings (SSSR count). The van der Waals surface area contributed by atoms with Crippen molar-refractivity contribution in [3.8, 4) is 11.3 Å². The van der Waals surface area contributed by atoms with Gasteiger partial charge in [-0.1, -0.05) is 24.3 Å². The van der Waals surface area contributed by atoms with Crippen LogP contribution in [-0.2, 0) is 0 Å². The third kappa shape index (κ3) is 1.93. The second-order valence-corrected chi connectivity index (χ2v) is 3.35. The number of benzene rings is 1. The molecule has 0 fully saturated rings. The first-order valence-electron chi connectivity index (χ1n) is 4.82. The van der Waals surface area contributed by atoms with E-state index in [9.17, 15) is 0 Å². The fraction of sp³-hybridized carbons (Fsp3) is 0.167. The molecule has 3 nitrogen and oxygen atoms in total. The van der Waals surface area contributed by atoms with E-state index < -0.39 is 0 Å². The number of aliphatic hydroxyl groups excluding tert-OH is 1. The maximum absolute atomic E-state index is 9.05. The molecule has 15 heavy (non-hydrogen) atoms. The number of hydrogen-bond acceptors (Lipinski definition) is 3. The van der Waals surface area contributed by atoms with E-state index in [1.807, 2.05) is 36.4 Å². The molecule has 0 aliphatic rings. The van der Waals surface area contributed by atoms with Crippen LogP contribution in [0.25, 0.3) is 11.3 Å². The van der Waals surface area contributed by atoms with Crippen LogP contribution in [0.3, 0.4) is 0 Å². The fourth-order valence-corrected chi connectivity index (χ4v) is 1.57. The standard InChI is InChI=1S/C12H13NO2/c13-11(8-14)9-4-1-2-5-10(9)12-6-3-7-15-12/h1-7,11,14H,8,13H2/t11-/m0/s1. The molecule has 3 heteroatoms. The highest BCUT2D eigenvalue weighted by atomic mass is 16.3. The van der Waals surface area contributed by atoms with E-state index in [4.69, 9.17) is 15.3 Å². The Balaban J connectivity index is 2.47. The molecular formula is C12H13NO2. The molecule has 1 aromatic carbocycles. The summed E-state index contributed by atoms with van der Waals surface area (Å²) in [6.45, 7) is -0.0717. The average Bonchev–Trinajstić information content (AvgIpc) is 2.81. The Hall–Kier alpha value is -1.58. The molecule has 0 saturated carbocycles. The van der Waals surface area contributed by atoms with Crippen molar-refractivity contribution in [1.82, 2.24) is 0 Å². The molecular weight excluding hydrogens is 190 g/mol. The maximum atomic E-state index is 9.05. The second-order valence-electron chi connectivity index (χ2n) is 3.35. The number of furan rings is 1. The third-order valence-electron chi connectivity index (χ3n) is 2.34. The number of hydrogen-bond donors (Lipinski definition) is 2. The first-order chi connectivity index (χ1) is 7.33. The van der Waals surface area contributed by atoms with Crippen LogP contribution in [0.1, 0.15) is 11.6 Å². The minimum atomic E-state index is -0.369. The van der Waals surface area contributed by atoms with Crippen molar-refractivity contribution in [2.45, 2.75) is 6.04 Å². The Morgan fingerprint density at radius 2 is 2.00 bits per heavy atom. The maximum Gasteiger partial charge on any atom is 0.134 e. The quantitative estimate of drug-likeness (QED) is 0.801. The predicted octanol–water partition coefficient (Wildman–Crippen LogP) is 1.94. The summed E-state index contributed by atoms with van der Waals surface area (Å²) in [4.78, 5) is 0. The Morgan fingerprint density at radius 3 is 2.67 bits per heavy atom. The van der Waals surface area contributed by atoms with Crippen molar-refractivity contribution in [3.63, 3.8) is 0 Å². The highest BCUT2D eigenvalue weighted by Gasteiger charge is 2.12. The molecule has 1 aromatic heterocycles. The molecule has 0 aliphatic heterocycles. The molecule has 78 valence electrons. The molecule has 0 radical (unpaired) electrons. The van der Waals surface area contributed by atoms with Gasteiger partial charge in [-0.25, -0.2) is 0 Å². The van der Waals surface area contributed by atoms with E-state index in [1.54, 1.807) is 6.26 Å². The van der Waals surface area contributed by atoms with Crippen molar-refractivity contribution in [3.05, 3.63) is 48.2 Å². The van der Waals surface area contributed by atoms with Gasteiger partial charge in [-0.3, -0.25) is 0 Å². The van der Waals surface area contributed by atoms with E-state index in [-0.39, 0.29) is 12.6 Å². The average molecular weight is 203 g/mol. The number of nitrogens with two attached hydrogens (primary N) is 1. The van der Waals surface area contributed by atoms with E-state index in [0.29, 0.717) is 0 Å². The zero-order valence-electron chi connectivity index (χ0n) is 8.26. The molecule has 0 bridgehead atoms.